The van der Waals surface area contributed by atoms with Crippen LogP contribution in [0.15, 0.2) is 0 Å². The summed E-state index contributed by atoms with van der Waals surface area (Å²) < 4.78 is 0. The van der Waals surface area contributed by atoms with Gasteiger partial charge >= 0.3 is 0 Å². The maximum atomic E-state index is 11.0. The molecule has 2 N–H and O–H groups in total. The van der Waals surface area contributed by atoms with Gasteiger partial charge < -0.3 is 10.2 Å². The Morgan fingerprint density at radius 1 is 0.594 bits per heavy atom. The van der Waals surface area contributed by atoms with E-state index >= 15 is 0 Å². The minimum Gasteiger partial charge on any atom is -0.393 e. The van der Waals surface area contributed by atoms with Crippen molar-refractivity contribution < 1.29 is 10.2 Å². The maximum Gasteiger partial charge on any atom is 0.0596 e. The van der Waals surface area contributed by atoms with E-state index in [0.717, 1.165) is 30.6 Å². The fraction of sp³-hybridized carbons (Fsp3) is 1.00. The van der Waals surface area contributed by atoms with Gasteiger partial charge in [-0.15, -0.1) is 0 Å². The number of hydrogen-bond donors (Lipinski definition) is 2. The summed E-state index contributed by atoms with van der Waals surface area (Å²) in [6.45, 7) is 20.1. The minimum atomic E-state index is -0.156. The summed E-state index contributed by atoms with van der Waals surface area (Å²) in [6, 6.07) is 0. The lowest BCUT2D eigenvalue weighted by atomic mass is 9.30. The monoisotopic (exact) mass is 444 g/mol. The molecule has 0 radical (unpaired) electrons. The average Bonchev–Trinajstić information content (AvgIpc) is 2.70. The van der Waals surface area contributed by atoms with Crippen LogP contribution in [0.2, 0.25) is 0 Å². The summed E-state index contributed by atoms with van der Waals surface area (Å²) in [6.07, 6.45) is 12.1. The van der Waals surface area contributed by atoms with Gasteiger partial charge in [-0.3, -0.25) is 0 Å². The van der Waals surface area contributed by atoms with Crippen LogP contribution in [-0.2, 0) is 0 Å². The van der Waals surface area contributed by atoms with Crippen molar-refractivity contribution in [2.75, 3.05) is 0 Å². The fourth-order valence-electron chi connectivity index (χ4n) is 11.4. The number of aliphatic hydroxyl groups is 2. The first-order chi connectivity index (χ1) is 14.6. The van der Waals surface area contributed by atoms with E-state index in [1.165, 1.54) is 51.4 Å². The Balaban J connectivity index is 1.54. The van der Waals surface area contributed by atoms with Crippen LogP contribution in [-0.4, -0.2) is 22.4 Å². The zero-order valence-corrected chi connectivity index (χ0v) is 22.4. The standard InChI is InChI=1S/C30H52O2/c1-19-20(31)9-10-21-27(19,5)12-11-22-28(21,6)14-16-30(8)23-17-25(2,3)24(32)18-26(23,4)13-15-29(22,30)7/h19-24,31-32H,9-18H2,1-8H3/t19-,20+,21+,22-,23+,24+,26-,27+,28-,29+,30-/m0/s1. The van der Waals surface area contributed by atoms with E-state index < -0.39 is 0 Å². The summed E-state index contributed by atoms with van der Waals surface area (Å²) in [5.74, 6) is 2.70. The molecule has 32 heavy (non-hydrogen) atoms. The molecule has 0 bridgehead atoms. The Labute approximate surface area is 198 Å². The van der Waals surface area contributed by atoms with Crippen molar-refractivity contribution in [1.82, 2.24) is 0 Å². The Hall–Kier alpha value is -0.0800. The third kappa shape index (κ3) is 2.72. The van der Waals surface area contributed by atoms with Crippen molar-refractivity contribution in [2.45, 2.75) is 132 Å². The zero-order valence-electron chi connectivity index (χ0n) is 22.4. The molecule has 0 aromatic rings. The van der Waals surface area contributed by atoms with E-state index in [4.69, 9.17) is 0 Å². The molecule has 11 atom stereocenters. The molecule has 5 aliphatic rings. The van der Waals surface area contributed by atoms with Crippen molar-refractivity contribution in [3.63, 3.8) is 0 Å². The minimum absolute atomic E-state index is 0.0340. The molecular formula is C30H52O2. The highest BCUT2D eigenvalue weighted by Crippen LogP contribution is 2.78. The molecule has 0 heterocycles. The van der Waals surface area contributed by atoms with Crippen molar-refractivity contribution >= 4 is 0 Å². The lowest BCUT2D eigenvalue weighted by molar-refractivity contribution is -0.269. The highest BCUT2D eigenvalue weighted by Gasteiger charge is 2.71. The second-order valence-electron chi connectivity index (χ2n) is 15.5. The zero-order chi connectivity index (χ0) is 23.5. The molecule has 184 valence electrons. The lowest BCUT2D eigenvalue weighted by Crippen LogP contribution is -2.68. The van der Waals surface area contributed by atoms with Gasteiger partial charge in [0.05, 0.1) is 12.2 Å². The second-order valence-corrected chi connectivity index (χ2v) is 15.5. The SMILES string of the molecule is C[C@H]1[C@H](O)CC[C@@H]2[C@]1(C)CC[C@H]1[C@@]2(C)CC[C@@]2(C)[C@@H]3CC(C)(C)[C@H](O)C[C@]3(C)CC[C@]12C. The normalized spacial score (nSPS) is 61.7. The maximum absolute atomic E-state index is 11.0. The van der Waals surface area contributed by atoms with Crippen LogP contribution in [0.25, 0.3) is 0 Å². The van der Waals surface area contributed by atoms with Crippen LogP contribution < -0.4 is 0 Å². The van der Waals surface area contributed by atoms with Crippen molar-refractivity contribution in [1.29, 1.82) is 0 Å². The molecule has 0 aliphatic heterocycles. The number of fused-ring (bicyclic) bond motifs is 7. The van der Waals surface area contributed by atoms with Gasteiger partial charge in [-0.05, 0) is 120 Å². The number of rotatable bonds is 0. The summed E-state index contributed by atoms with van der Waals surface area (Å²) in [4.78, 5) is 0. The average molecular weight is 445 g/mol. The molecule has 0 amide bonds. The highest BCUT2D eigenvalue weighted by molar-refractivity contribution is 5.20. The van der Waals surface area contributed by atoms with Crippen LogP contribution in [0, 0.1) is 56.2 Å². The molecule has 2 heteroatoms. The number of aliphatic hydroxyl groups excluding tert-OH is 2. The smallest absolute Gasteiger partial charge is 0.0596 e. The first-order valence-electron chi connectivity index (χ1n) is 14.0. The fourth-order valence-corrected chi connectivity index (χ4v) is 11.4. The van der Waals surface area contributed by atoms with Crippen molar-refractivity contribution in [3.05, 3.63) is 0 Å². The third-order valence-corrected chi connectivity index (χ3v) is 14.1. The van der Waals surface area contributed by atoms with Gasteiger partial charge in [0.15, 0.2) is 0 Å². The van der Waals surface area contributed by atoms with Crippen molar-refractivity contribution in [2.24, 2.45) is 56.2 Å². The van der Waals surface area contributed by atoms with Crippen LogP contribution >= 0.6 is 0 Å². The van der Waals surface area contributed by atoms with Crippen LogP contribution in [0.1, 0.15) is 120 Å². The Bertz CT molecular complexity index is 775. The van der Waals surface area contributed by atoms with Gasteiger partial charge in [0.1, 0.15) is 0 Å². The van der Waals surface area contributed by atoms with E-state index in [1.54, 1.807) is 0 Å². The second kappa shape index (κ2) is 6.77. The molecule has 2 nitrogen and oxygen atoms in total. The molecule has 5 fully saturated rings. The topological polar surface area (TPSA) is 40.5 Å². The quantitative estimate of drug-likeness (QED) is 0.414. The van der Waals surface area contributed by atoms with Gasteiger partial charge in [-0.2, -0.15) is 0 Å². The Morgan fingerprint density at radius 2 is 1.22 bits per heavy atom. The van der Waals surface area contributed by atoms with Crippen LogP contribution in [0.3, 0.4) is 0 Å². The van der Waals surface area contributed by atoms with E-state index in [-0.39, 0.29) is 17.6 Å². The van der Waals surface area contributed by atoms with E-state index in [9.17, 15) is 10.2 Å². The van der Waals surface area contributed by atoms with Gasteiger partial charge in [0, 0.05) is 0 Å². The molecular weight excluding hydrogens is 392 g/mol. The molecule has 0 saturated heterocycles. The highest BCUT2D eigenvalue weighted by atomic mass is 16.3. The van der Waals surface area contributed by atoms with E-state index in [1.807, 2.05) is 0 Å². The Kier molecular flexibility index (Phi) is 5.01. The van der Waals surface area contributed by atoms with E-state index in [0.29, 0.717) is 33.0 Å². The molecule has 0 spiro atoms. The molecule has 5 rings (SSSR count). The van der Waals surface area contributed by atoms with Crippen LogP contribution in [0.4, 0.5) is 0 Å². The molecule has 0 aromatic heterocycles. The third-order valence-electron chi connectivity index (χ3n) is 14.1. The first-order valence-corrected chi connectivity index (χ1v) is 14.0. The predicted octanol–water partition coefficient (Wildman–Crippen LogP) is 7.22. The first kappa shape index (κ1) is 23.7. The largest absolute Gasteiger partial charge is 0.393 e. The summed E-state index contributed by atoms with van der Waals surface area (Å²) in [5, 5.41) is 21.7. The van der Waals surface area contributed by atoms with Crippen LogP contribution in [0.5, 0.6) is 0 Å². The van der Waals surface area contributed by atoms with Gasteiger partial charge in [-0.25, -0.2) is 0 Å². The summed E-state index contributed by atoms with van der Waals surface area (Å²) in [5.41, 5.74) is 1.80. The van der Waals surface area contributed by atoms with Gasteiger partial charge in [0.25, 0.3) is 0 Å². The molecule has 0 unspecified atom stereocenters. The summed E-state index contributed by atoms with van der Waals surface area (Å²) in [7, 11) is 0. The molecule has 0 aromatic carbocycles. The lowest BCUT2D eigenvalue weighted by Gasteiger charge is -2.75. The van der Waals surface area contributed by atoms with Gasteiger partial charge in [-0.1, -0.05) is 55.4 Å². The predicted molar refractivity (Wildman–Crippen MR) is 132 cm³/mol. The van der Waals surface area contributed by atoms with Gasteiger partial charge in [0.2, 0.25) is 0 Å². The van der Waals surface area contributed by atoms with E-state index in [2.05, 4.69) is 55.4 Å². The Morgan fingerprint density at radius 3 is 1.91 bits per heavy atom. The number of hydrogen-bond acceptors (Lipinski definition) is 2. The summed E-state index contributed by atoms with van der Waals surface area (Å²) >= 11 is 0. The molecule has 5 saturated carbocycles. The van der Waals surface area contributed by atoms with Crippen molar-refractivity contribution in [3.8, 4) is 0 Å². The molecule has 5 aliphatic carbocycles.